The van der Waals surface area contributed by atoms with Crippen LogP contribution in [0, 0.1) is 6.92 Å². The third kappa shape index (κ3) is 2.33. The molecule has 3 nitrogen and oxygen atoms in total. The molecule has 1 heterocycles. The zero-order chi connectivity index (χ0) is 10.7. The van der Waals surface area contributed by atoms with E-state index in [1.807, 2.05) is 25.9 Å². The van der Waals surface area contributed by atoms with Gasteiger partial charge in [0.2, 0.25) is 0 Å². The average Bonchev–Trinajstić information content (AvgIpc) is 2.48. The first-order chi connectivity index (χ1) is 6.56. The molecule has 0 bridgehead atoms. The summed E-state index contributed by atoms with van der Waals surface area (Å²) in [4.78, 5) is 7.65. The first-order valence-corrected chi connectivity index (χ1v) is 5.41. The summed E-state index contributed by atoms with van der Waals surface area (Å²) in [6.07, 6.45) is 0.843. The lowest BCUT2D eigenvalue weighted by Crippen LogP contribution is -2.07. The Balaban J connectivity index is 2.92. The molecule has 0 amide bonds. The van der Waals surface area contributed by atoms with Gasteiger partial charge in [0, 0.05) is 14.1 Å². The van der Waals surface area contributed by atoms with Gasteiger partial charge in [0.05, 0.1) is 10.6 Å². The largest absolute Gasteiger partial charge is 0.354 e. The Morgan fingerprint density at radius 2 is 2.21 bits per heavy atom. The molecule has 0 saturated carbocycles. The number of thiazole rings is 1. The minimum absolute atomic E-state index is 0.646. The summed E-state index contributed by atoms with van der Waals surface area (Å²) in [5, 5.41) is 1.02. The molecule has 0 fully saturated rings. The minimum atomic E-state index is 0.646. The molecule has 0 saturated heterocycles. The van der Waals surface area contributed by atoms with Crippen molar-refractivity contribution in [3.05, 3.63) is 17.2 Å². The first-order valence-electron chi connectivity index (χ1n) is 4.59. The van der Waals surface area contributed by atoms with Crippen molar-refractivity contribution >= 4 is 22.0 Å². The molecular formula is C10H17N3S. The molecule has 0 atom stereocenters. The fourth-order valence-corrected chi connectivity index (χ4v) is 2.18. The topological polar surface area (TPSA) is 42.1 Å². The highest BCUT2D eigenvalue weighted by atomic mass is 32.1. The van der Waals surface area contributed by atoms with Crippen LogP contribution in [0.5, 0.6) is 0 Å². The number of aryl methyl sites for hydroxylation is 1. The van der Waals surface area contributed by atoms with Crippen molar-refractivity contribution in [2.45, 2.75) is 13.3 Å². The van der Waals surface area contributed by atoms with Gasteiger partial charge in [0.15, 0.2) is 5.13 Å². The minimum Gasteiger partial charge on any atom is -0.354 e. The number of rotatable bonds is 4. The highest BCUT2D eigenvalue weighted by Gasteiger charge is 2.10. The van der Waals surface area contributed by atoms with Crippen LogP contribution in [0.3, 0.4) is 0 Å². The summed E-state index contributed by atoms with van der Waals surface area (Å²) in [6, 6.07) is 0. The molecule has 0 spiro atoms. The Kier molecular flexibility index (Phi) is 3.66. The van der Waals surface area contributed by atoms with Crippen LogP contribution in [0.4, 0.5) is 5.13 Å². The molecule has 1 aromatic heterocycles. The summed E-state index contributed by atoms with van der Waals surface area (Å²) in [7, 11) is 3.99. The number of anilines is 1. The van der Waals surface area contributed by atoms with Gasteiger partial charge >= 0.3 is 0 Å². The summed E-state index contributed by atoms with van der Waals surface area (Å²) in [5.41, 5.74) is 7.64. The quantitative estimate of drug-likeness (QED) is 0.827. The molecule has 0 aliphatic carbocycles. The molecule has 0 unspecified atom stereocenters. The van der Waals surface area contributed by atoms with Gasteiger partial charge in [-0.15, -0.1) is 0 Å². The molecule has 4 heteroatoms. The standard InChI is InChI=1S/C10H17N3S/c1-7(5-6-11)9-8(2)12-10(14-9)13(3)4/h1,5-6,11H2,2-4H3. The van der Waals surface area contributed by atoms with Crippen molar-refractivity contribution in [1.29, 1.82) is 0 Å². The maximum atomic E-state index is 5.50. The molecule has 0 aliphatic rings. The van der Waals surface area contributed by atoms with E-state index in [9.17, 15) is 0 Å². The van der Waals surface area contributed by atoms with Gasteiger partial charge in [-0.1, -0.05) is 17.9 Å². The lowest BCUT2D eigenvalue weighted by Gasteiger charge is -2.05. The molecule has 0 radical (unpaired) electrons. The van der Waals surface area contributed by atoms with Gasteiger partial charge in [-0.25, -0.2) is 4.98 Å². The van der Waals surface area contributed by atoms with E-state index in [1.165, 1.54) is 4.88 Å². The molecule has 78 valence electrons. The van der Waals surface area contributed by atoms with Gasteiger partial charge < -0.3 is 10.6 Å². The van der Waals surface area contributed by atoms with Crippen LogP contribution < -0.4 is 10.6 Å². The van der Waals surface area contributed by atoms with Gasteiger partial charge in [-0.2, -0.15) is 0 Å². The van der Waals surface area contributed by atoms with E-state index < -0.39 is 0 Å². The van der Waals surface area contributed by atoms with Crippen LogP contribution in [0.15, 0.2) is 6.58 Å². The maximum absolute atomic E-state index is 5.50. The van der Waals surface area contributed by atoms with Crippen LogP contribution >= 0.6 is 11.3 Å². The van der Waals surface area contributed by atoms with Gasteiger partial charge in [0.1, 0.15) is 0 Å². The zero-order valence-corrected chi connectivity index (χ0v) is 9.82. The van der Waals surface area contributed by atoms with E-state index in [4.69, 9.17) is 5.73 Å². The molecule has 14 heavy (non-hydrogen) atoms. The predicted octanol–water partition coefficient (Wildman–Crippen LogP) is 1.88. The fraction of sp³-hybridized carbons (Fsp3) is 0.500. The monoisotopic (exact) mass is 211 g/mol. The average molecular weight is 211 g/mol. The smallest absolute Gasteiger partial charge is 0.185 e. The Hall–Kier alpha value is -0.870. The van der Waals surface area contributed by atoms with Crippen molar-refractivity contribution in [3.63, 3.8) is 0 Å². The number of nitrogens with two attached hydrogens (primary N) is 1. The summed E-state index contributed by atoms with van der Waals surface area (Å²) in [6.45, 7) is 6.68. The Morgan fingerprint density at radius 1 is 1.57 bits per heavy atom. The van der Waals surface area contributed by atoms with Gasteiger partial charge in [0.25, 0.3) is 0 Å². The van der Waals surface area contributed by atoms with Crippen molar-refractivity contribution in [1.82, 2.24) is 4.98 Å². The first kappa shape index (κ1) is 11.2. The summed E-state index contributed by atoms with van der Waals surface area (Å²) >= 11 is 1.68. The van der Waals surface area contributed by atoms with Crippen LogP contribution in [0.25, 0.3) is 5.57 Å². The molecule has 2 N–H and O–H groups in total. The number of nitrogens with zero attached hydrogens (tertiary/aromatic N) is 2. The van der Waals surface area contributed by atoms with Crippen LogP contribution in [0.2, 0.25) is 0 Å². The lowest BCUT2D eigenvalue weighted by molar-refractivity contribution is 1.02. The van der Waals surface area contributed by atoms with Gasteiger partial charge in [-0.3, -0.25) is 0 Å². The number of hydrogen-bond acceptors (Lipinski definition) is 4. The molecule has 0 aromatic carbocycles. The fourth-order valence-electron chi connectivity index (χ4n) is 1.19. The van der Waals surface area contributed by atoms with E-state index in [2.05, 4.69) is 11.6 Å². The number of aromatic nitrogens is 1. The van der Waals surface area contributed by atoms with E-state index in [0.717, 1.165) is 22.8 Å². The normalized spacial score (nSPS) is 10.3. The van der Waals surface area contributed by atoms with E-state index >= 15 is 0 Å². The zero-order valence-electron chi connectivity index (χ0n) is 9.00. The van der Waals surface area contributed by atoms with Crippen LogP contribution in [-0.4, -0.2) is 25.6 Å². The van der Waals surface area contributed by atoms with E-state index in [-0.39, 0.29) is 0 Å². The molecule has 1 rings (SSSR count). The Bertz CT molecular complexity index is 328. The second-order valence-electron chi connectivity index (χ2n) is 3.45. The number of hydrogen-bond donors (Lipinski definition) is 1. The highest BCUT2D eigenvalue weighted by molar-refractivity contribution is 7.16. The second kappa shape index (κ2) is 4.57. The third-order valence-corrected chi connectivity index (χ3v) is 3.36. The van der Waals surface area contributed by atoms with Crippen molar-refractivity contribution < 1.29 is 0 Å². The Labute approximate surface area is 89.3 Å². The molecule has 0 aliphatic heterocycles. The van der Waals surface area contributed by atoms with Crippen molar-refractivity contribution in [2.24, 2.45) is 5.73 Å². The third-order valence-electron chi connectivity index (χ3n) is 1.94. The van der Waals surface area contributed by atoms with E-state index in [0.29, 0.717) is 6.54 Å². The second-order valence-corrected chi connectivity index (χ2v) is 4.43. The highest BCUT2D eigenvalue weighted by Crippen LogP contribution is 2.30. The molecular weight excluding hydrogens is 194 g/mol. The van der Waals surface area contributed by atoms with Crippen LogP contribution in [0.1, 0.15) is 17.0 Å². The maximum Gasteiger partial charge on any atom is 0.185 e. The Morgan fingerprint density at radius 3 is 2.64 bits per heavy atom. The van der Waals surface area contributed by atoms with Gasteiger partial charge in [-0.05, 0) is 25.5 Å². The van der Waals surface area contributed by atoms with Crippen molar-refractivity contribution in [2.75, 3.05) is 25.5 Å². The van der Waals surface area contributed by atoms with Crippen molar-refractivity contribution in [3.8, 4) is 0 Å². The lowest BCUT2D eigenvalue weighted by atomic mass is 10.1. The SMILES string of the molecule is C=C(CCN)c1sc(N(C)C)nc1C. The summed E-state index contributed by atoms with van der Waals surface area (Å²) < 4.78 is 0. The summed E-state index contributed by atoms with van der Waals surface area (Å²) in [5.74, 6) is 0. The van der Waals surface area contributed by atoms with Crippen LogP contribution in [-0.2, 0) is 0 Å². The molecule has 1 aromatic rings. The van der Waals surface area contributed by atoms with E-state index in [1.54, 1.807) is 11.3 Å². The predicted molar refractivity (Wildman–Crippen MR) is 63.9 cm³/mol.